The fourth-order valence-electron chi connectivity index (χ4n) is 4.83. The lowest BCUT2D eigenvalue weighted by Gasteiger charge is -2.44. The molecule has 2 unspecified atom stereocenters. The molecule has 2 nitrogen and oxygen atoms in total. The first-order valence-electron chi connectivity index (χ1n) is 11.3. The predicted octanol–water partition coefficient (Wildman–Crippen LogP) is 7.59. The minimum Gasteiger partial charge on any atom is -0.299 e. The van der Waals surface area contributed by atoms with Crippen LogP contribution in [0.25, 0.3) is 0 Å². The summed E-state index contributed by atoms with van der Waals surface area (Å²) in [7, 11) is 1.86. The second-order valence-electron chi connectivity index (χ2n) is 9.22. The Morgan fingerprint density at radius 1 is 0.941 bits per heavy atom. The summed E-state index contributed by atoms with van der Waals surface area (Å²) in [6, 6.07) is 13.5. The van der Waals surface area contributed by atoms with E-state index in [4.69, 9.17) is 0 Å². The van der Waals surface area contributed by atoms with Gasteiger partial charge in [0.2, 0.25) is 0 Å². The first-order valence-corrected chi connectivity index (χ1v) is 11.3. The summed E-state index contributed by atoms with van der Waals surface area (Å²) >= 11 is 0. The number of alkyl halides is 6. The van der Waals surface area contributed by atoms with Gasteiger partial charge in [-0.25, -0.2) is 0 Å². The lowest BCUT2D eigenvalue weighted by molar-refractivity contribution is -0.145. The number of rotatable bonds is 8. The standard InChI is InChI=1S/C26H28F6N2/c1-18(34(2)16-19-8-4-3-5-9-19)14-15-24(17-33,20-10-6-11-20)23-21(25(27,28)29)12-7-13-22(23)26(30,31)32/h3-5,7-9,12-13,18,20H,6,10-11,14-16H2,1-2H3. The normalized spacial score (nSPS) is 17.6. The molecule has 0 N–H and O–H groups in total. The van der Waals surface area contributed by atoms with E-state index < -0.39 is 40.4 Å². The SMILES string of the molecule is CC(CCC(C#N)(c1c(C(F)(F)F)cccc1C(F)(F)F)C1CCC1)N(C)Cc1ccccc1. The van der Waals surface area contributed by atoms with Gasteiger partial charge in [0.25, 0.3) is 0 Å². The number of benzene rings is 2. The highest BCUT2D eigenvalue weighted by Crippen LogP contribution is 2.53. The van der Waals surface area contributed by atoms with E-state index in [-0.39, 0.29) is 18.9 Å². The number of halogens is 6. The van der Waals surface area contributed by atoms with E-state index in [2.05, 4.69) is 0 Å². The molecule has 0 aromatic heterocycles. The molecular weight excluding hydrogens is 454 g/mol. The average Bonchev–Trinajstić information content (AvgIpc) is 2.74. The molecule has 8 heteroatoms. The minimum absolute atomic E-state index is 0.0787. The maximum atomic E-state index is 14.0. The molecule has 3 rings (SSSR count). The zero-order valence-corrected chi connectivity index (χ0v) is 19.2. The summed E-state index contributed by atoms with van der Waals surface area (Å²) in [6.07, 6.45) is -8.23. The maximum Gasteiger partial charge on any atom is 0.416 e. The minimum atomic E-state index is -5.00. The molecule has 184 valence electrons. The molecule has 1 aliphatic rings. The van der Waals surface area contributed by atoms with Crippen LogP contribution in [0.4, 0.5) is 26.3 Å². The third-order valence-corrected chi connectivity index (χ3v) is 7.11. The summed E-state index contributed by atoms with van der Waals surface area (Å²) < 4.78 is 83.7. The number of hydrogen-bond acceptors (Lipinski definition) is 2. The molecule has 0 spiro atoms. The largest absolute Gasteiger partial charge is 0.416 e. The van der Waals surface area contributed by atoms with E-state index in [0.717, 1.165) is 11.6 Å². The number of nitrogens with zero attached hydrogens (tertiary/aromatic N) is 2. The van der Waals surface area contributed by atoms with E-state index in [1.54, 1.807) is 0 Å². The van der Waals surface area contributed by atoms with Crippen molar-refractivity contribution in [1.82, 2.24) is 4.90 Å². The Balaban J connectivity index is 2.00. The van der Waals surface area contributed by atoms with Gasteiger partial charge >= 0.3 is 12.4 Å². The van der Waals surface area contributed by atoms with Gasteiger partial charge in [-0.1, -0.05) is 42.8 Å². The van der Waals surface area contributed by atoms with Crippen LogP contribution >= 0.6 is 0 Å². The van der Waals surface area contributed by atoms with Crippen LogP contribution in [0.1, 0.15) is 61.3 Å². The van der Waals surface area contributed by atoms with Crippen LogP contribution in [-0.4, -0.2) is 18.0 Å². The Kier molecular flexibility index (Phi) is 7.66. The Morgan fingerprint density at radius 2 is 1.50 bits per heavy atom. The van der Waals surface area contributed by atoms with E-state index in [9.17, 15) is 31.6 Å². The zero-order chi connectivity index (χ0) is 25.1. The van der Waals surface area contributed by atoms with E-state index >= 15 is 0 Å². The summed E-state index contributed by atoms with van der Waals surface area (Å²) in [5.74, 6) is -0.547. The van der Waals surface area contributed by atoms with Crippen molar-refractivity contribution in [3.05, 3.63) is 70.8 Å². The highest BCUT2D eigenvalue weighted by molar-refractivity contribution is 5.49. The van der Waals surface area contributed by atoms with Gasteiger partial charge in [0, 0.05) is 12.6 Å². The van der Waals surface area contributed by atoms with Gasteiger partial charge in [-0.05, 0) is 68.8 Å². The van der Waals surface area contributed by atoms with Gasteiger partial charge in [0.15, 0.2) is 0 Å². The van der Waals surface area contributed by atoms with Crippen molar-refractivity contribution >= 4 is 0 Å². The van der Waals surface area contributed by atoms with Crippen LogP contribution in [-0.2, 0) is 24.3 Å². The van der Waals surface area contributed by atoms with Crippen LogP contribution in [0.15, 0.2) is 48.5 Å². The Hall–Kier alpha value is -2.53. The molecule has 34 heavy (non-hydrogen) atoms. The van der Waals surface area contributed by atoms with E-state index in [1.807, 2.05) is 55.3 Å². The summed E-state index contributed by atoms with van der Waals surface area (Å²) in [6.45, 7) is 2.46. The molecule has 0 aliphatic heterocycles. The lowest BCUT2D eigenvalue weighted by atomic mass is 9.58. The van der Waals surface area contributed by atoms with Crippen LogP contribution in [0, 0.1) is 17.2 Å². The highest BCUT2D eigenvalue weighted by Gasteiger charge is 2.52. The van der Waals surface area contributed by atoms with Gasteiger partial charge in [0.1, 0.15) is 0 Å². The average molecular weight is 483 g/mol. The summed E-state index contributed by atoms with van der Waals surface area (Å²) in [5, 5.41) is 10.2. The first-order chi connectivity index (χ1) is 15.9. The van der Waals surface area contributed by atoms with Crippen LogP contribution < -0.4 is 0 Å². The van der Waals surface area contributed by atoms with Crippen molar-refractivity contribution in [2.24, 2.45) is 5.92 Å². The van der Waals surface area contributed by atoms with Gasteiger partial charge in [-0.3, -0.25) is 4.90 Å². The van der Waals surface area contributed by atoms with Crippen molar-refractivity contribution in [2.45, 2.75) is 69.4 Å². The van der Waals surface area contributed by atoms with Crippen LogP contribution in [0.3, 0.4) is 0 Å². The van der Waals surface area contributed by atoms with Crippen LogP contribution in [0.2, 0.25) is 0 Å². The van der Waals surface area contributed by atoms with Crippen molar-refractivity contribution in [3.8, 4) is 6.07 Å². The fourth-order valence-corrected chi connectivity index (χ4v) is 4.83. The molecule has 2 aromatic rings. The molecule has 0 radical (unpaired) electrons. The topological polar surface area (TPSA) is 27.0 Å². The monoisotopic (exact) mass is 482 g/mol. The molecule has 0 amide bonds. The number of nitriles is 1. The van der Waals surface area contributed by atoms with Gasteiger partial charge in [-0.2, -0.15) is 31.6 Å². The van der Waals surface area contributed by atoms with Crippen LogP contribution in [0.5, 0.6) is 0 Å². The smallest absolute Gasteiger partial charge is 0.299 e. The molecule has 2 aromatic carbocycles. The molecule has 0 bridgehead atoms. The molecule has 2 atom stereocenters. The Bertz CT molecular complexity index is 972. The van der Waals surface area contributed by atoms with E-state index in [1.165, 1.54) is 0 Å². The maximum absolute atomic E-state index is 14.0. The van der Waals surface area contributed by atoms with Crippen molar-refractivity contribution in [2.75, 3.05) is 7.05 Å². The Labute approximate surface area is 196 Å². The third-order valence-electron chi connectivity index (χ3n) is 7.11. The van der Waals surface area contributed by atoms with Crippen molar-refractivity contribution < 1.29 is 26.3 Å². The molecule has 1 saturated carbocycles. The zero-order valence-electron chi connectivity index (χ0n) is 19.2. The summed E-state index contributed by atoms with van der Waals surface area (Å²) in [4.78, 5) is 2.00. The molecule has 1 fully saturated rings. The van der Waals surface area contributed by atoms with Gasteiger partial charge < -0.3 is 0 Å². The Morgan fingerprint density at radius 3 is 1.94 bits per heavy atom. The second-order valence-corrected chi connectivity index (χ2v) is 9.22. The molecule has 0 heterocycles. The van der Waals surface area contributed by atoms with E-state index in [0.29, 0.717) is 37.9 Å². The number of hydrogen-bond donors (Lipinski definition) is 0. The highest BCUT2D eigenvalue weighted by atomic mass is 19.4. The molecule has 0 saturated heterocycles. The molecule has 1 aliphatic carbocycles. The van der Waals surface area contributed by atoms with Gasteiger partial charge in [-0.15, -0.1) is 0 Å². The summed E-state index contributed by atoms with van der Waals surface area (Å²) in [5.41, 5.74) is -4.44. The van der Waals surface area contributed by atoms with Crippen molar-refractivity contribution in [3.63, 3.8) is 0 Å². The second kappa shape index (κ2) is 9.99. The van der Waals surface area contributed by atoms with Gasteiger partial charge in [0.05, 0.1) is 22.6 Å². The third kappa shape index (κ3) is 5.41. The molecular formula is C26H28F6N2. The fraction of sp³-hybridized carbons (Fsp3) is 0.500. The first kappa shape index (κ1) is 26.1. The quantitative estimate of drug-likeness (QED) is 0.363. The van der Waals surface area contributed by atoms with Crippen molar-refractivity contribution in [1.29, 1.82) is 5.26 Å². The lowest BCUT2D eigenvalue weighted by Crippen LogP contribution is -2.43. The predicted molar refractivity (Wildman–Crippen MR) is 118 cm³/mol.